The zero-order chi connectivity index (χ0) is 13.1. The van der Waals surface area contributed by atoms with Gasteiger partial charge < -0.3 is 16.0 Å². The lowest BCUT2D eigenvalue weighted by Crippen LogP contribution is -2.53. The molecule has 1 aliphatic rings. The van der Waals surface area contributed by atoms with E-state index in [1.54, 1.807) is 6.92 Å². The molecule has 0 unspecified atom stereocenters. The number of amides is 2. The average Bonchev–Trinajstić information content (AvgIpc) is 2.28. The van der Waals surface area contributed by atoms with Gasteiger partial charge in [0.05, 0.1) is 0 Å². The maximum atomic E-state index is 11.7. The van der Waals surface area contributed by atoms with Gasteiger partial charge in [0, 0.05) is 11.4 Å². The Morgan fingerprint density at radius 1 is 1.17 bits per heavy atom. The maximum absolute atomic E-state index is 11.7. The lowest BCUT2D eigenvalue weighted by molar-refractivity contribution is -0.126. The Balaban J connectivity index is 2.24. The van der Waals surface area contributed by atoms with E-state index in [0.29, 0.717) is 5.70 Å². The number of carbonyl (C=O) groups excluding carboxylic acids is 2. The molecule has 0 radical (unpaired) electrons. The number of para-hydroxylation sites is 1. The van der Waals surface area contributed by atoms with Crippen molar-refractivity contribution >= 4 is 30.1 Å². The Morgan fingerprint density at radius 2 is 1.72 bits per heavy atom. The third-order valence-corrected chi connectivity index (χ3v) is 2.73. The van der Waals surface area contributed by atoms with Crippen LogP contribution in [0, 0.1) is 0 Å². The molecule has 1 fully saturated rings. The molecular weight excluding hydrogens is 250 g/mol. The largest absolute Gasteiger partial charge is 0.358 e. The molecular formula is C12H13N3O2S. The van der Waals surface area contributed by atoms with Gasteiger partial charge in [0.25, 0.3) is 11.8 Å². The first-order valence-electron chi connectivity index (χ1n) is 5.40. The minimum atomic E-state index is -0.640. The summed E-state index contributed by atoms with van der Waals surface area (Å²) in [7, 11) is 0. The standard InChI is InChI=1S/C12H13N3O2S/c1-7(13-8-5-3-2-4-6-8)9-10(16)14-12(18)15-11(9)17/h2-6,12-13,18H,1H3,(H,14,16)(H,15,17). The van der Waals surface area contributed by atoms with Crippen molar-refractivity contribution in [2.45, 2.75) is 12.4 Å². The lowest BCUT2D eigenvalue weighted by Gasteiger charge is -2.23. The van der Waals surface area contributed by atoms with Crippen molar-refractivity contribution in [2.24, 2.45) is 0 Å². The van der Waals surface area contributed by atoms with Crippen LogP contribution >= 0.6 is 12.6 Å². The summed E-state index contributed by atoms with van der Waals surface area (Å²) in [6, 6.07) is 9.32. The van der Waals surface area contributed by atoms with E-state index in [4.69, 9.17) is 0 Å². The second-order valence-corrected chi connectivity index (χ2v) is 4.36. The van der Waals surface area contributed by atoms with E-state index >= 15 is 0 Å². The van der Waals surface area contributed by atoms with Crippen LogP contribution in [0.1, 0.15) is 6.92 Å². The Labute approximate surface area is 110 Å². The minimum Gasteiger partial charge on any atom is -0.358 e. The van der Waals surface area contributed by atoms with E-state index in [0.717, 1.165) is 5.69 Å². The molecule has 18 heavy (non-hydrogen) atoms. The third-order valence-electron chi connectivity index (χ3n) is 2.47. The van der Waals surface area contributed by atoms with Crippen molar-refractivity contribution in [3.8, 4) is 0 Å². The zero-order valence-electron chi connectivity index (χ0n) is 9.73. The summed E-state index contributed by atoms with van der Waals surface area (Å²) in [5.41, 5.74) is 0.745. The number of hydrogen-bond donors (Lipinski definition) is 4. The molecule has 0 bridgehead atoms. The molecule has 0 saturated carbocycles. The van der Waals surface area contributed by atoms with Crippen LogP contribution in [0.3, 0.4) is 0 Å². The summed E-state index contributed by atoms with van der Waals surface area (Å²) < 4.78 is 0. The topological polar surface area (TPSA) is 70.2 Å². The summed E-state index contributed by atoms with van der Waals surface area (Å²) in [4.78, 5) is 23.5. The second kappa shape index (κ2) is 5.14. The first-order chi connectivity index (χ1) is 8.58. The smallest absolute Gasteiger partial charge is 0.260 e. The van der Waals surface area contributed by atoms with Crippen molar-refractivity contribution in [2.75, 3.05) is 5.32 Å². The molecule has 94 valence electrons. The quantitative estimate of drug-likeness (QED) is 0.363. The molecule has 1 heterocycles. The number of carbonyl (C=O) groups is 2. The number of nitrogens with one attached hydrogen (secondary N) is 3. The van der Waals surface area contributed by atoms with Gasteiger partial charge in [0.1, 0.15) is 11.1 Å². The summed E-state index contributed by atoms with van der Waals surface area (Å²) in [5, 5.41) is 8.06. The molecule has 0 aromatic heterocycles. The third kappa shape index (κ3) is 2.65. The summed E-state index contributed by atoms with van der Waals surface area (Å²) >= 11 is 3.98. The SMILES string of the molecule is CC(Nc1ccccc1)=C1C(=O)NC(S)NC1=O. The molecule has 3 N–H and O–H groups in total. The number of benzene rings is 1. The molecule has 5 nitrogen and oxygen atoms in total. The highest BCUT2D eigenvalue weighted by atomic mass is 32.1. The van der Waals surface area contributed by atoms with Gasteiger partial charge in [-0.2, -0.15) is 0 Å². The van der Waals surface area contributed by atoms with Crippen LogP contribution in [-0.4, -0.2) is 17.3 Å². The predicted molar refractivity (Wildman–Crippen MR) is 71.8 cm³/mol. The Kier molecular flexibility index (Phi) is 3.57. The molecule has 1 aromatic rings. The number of thiol groups is 1. The molecule has 1 aliphatic heterocycles. The number of hydrogen-bond acceptors (Lipinski definition) is 4. The van der Waals surface area contributed by atoms with E-state index in [9.17, 15) is 9.59 Å². The van der Waals surface area contributed by atoms with Crippen molar-refractivity contribution in [3.05, 3.63) is 41.6 Å². The van der Waals surface area contributed by atoms with Crippen LogP contribution in [-0.2, 0) is 9.59 Å². The summed E-state index contributed by atoms with van der Waals surface area (Å²) in [6.45, 7) is 1.68. The Morgan fingerprint density at radius 3 is 2.28 bits per heavy atom. The lowest BCUT2D eigenvalue weighted by atomic mass is 10.1. The maximum Gasteiger partial charge on any atom is 0.260 e. The number of rotatable bonds is 2. The van der Waals surface area contributed by atoms with Crippen LogP contribution in [0.15, 0.2) is 41.6 Å². The van der Waals surface area contributed by atoms with E-state index in [1.807, 2.05) is 30.3 Å². The molecule has 1 aromatic carbocycles. The molecule has 2 amide bonds. The first kappa shape index (κ1) is 12.5. The fraction of sp³-hybridized carbons (Fsp3) is 0.167. The van der Waals surface area contributed by atoms with Gasteiger partial charge in [-0.3, -0.25) is 9.59 Å². The van der Waals surface area contributed by atoms with Crippen molar-refractivity contribution in [1.29, 1.82) is 0 Å². The molecule has 0 aliphatic carbocycles. The number of allylic oxidation sites excluding steroid dienone is 1. The Hall–Kier alpha value is -1.95. The van der Waals surface area contributed by atoms with Crippen molar-refractivity contribution in [1.82, 2.24) is 10.6 Å². The van der Waals surface area contributed by atoms with Gasteiger partial charge in [-0.25, -0.2) is 0 Å². The molecule has 0 atom stereocenters. The average molecular weight is 263 g/mol. The minimum absolute atomic E-state index is 0.0733. The fourth-order valence-electron chi connectivity index (χ4n) is 1.67. The zero-order valence-corrected chi connectivity index (χ0v) is 10.6. The van der Waals surface area contributed by atoms with Crippen LogP contribution in [0.5, 0.6) is 0 Å². The predicted octanol–water partition coefficient (Wildman–Crippen LogP) is 0.832. The van der Waals surface area contributed by atoms with Crippen LogP contribution in [0.25, 0.3) is 0 Å². The highest BCUT2D eigenvalue weighted by Gasteiger charge is 2.29. The Bertz CT molecular complexity index is 493. The van der Waals surface area contributed by atoms with E-state index < -0.39 is 17.3 Å². The second-order valence-electron chi connectivity index (χ2n) is 3.84. The molecule has 2 rings (SSSR count). The van der Waals surface area contributed by atoms with Gasteiger partial charge in [0.2, 0.25) is 0 Å². The van der Waals surface area contributed by atoms with Crippen molar-refractivity contribution in [3.63, 3.8) is 0 Å². The van der Waals surface area contributed by atoms with E-state index in [2.05, 4.69) is 28.6 Å². The first-order valence-corrected chi connectivity index (χ1v) is 5.92. The normalized spacial score (nSPS) is 19.0. The van der Waals surface area contributed by atoms with Crippen molar-refractivity contribution < 1.29 is 9.59 Å². The van der Waals surface area contributed by atoms with Gasteiger partial charge in [-0.15, -0.1) is 12.6 Å². The van der Waals surface area contributed by atoms with Gasteiger partial charge in [-0.05, 0) is 19.1 Å². The van der Waals surface area contributed by atoms with E-state index in [-0.39, 0.29) is 5.57 Å². The van der Waals surface area contributed by atoms with Gasteiger partial charge in [0.15, 0.2) is 0 Å². The molecule has 6 heteroatoms. The number of anilines is 1. The van der Waals surface area contributed by atoms with E-state index in [1.165, 1.54) is 0 Å². The highest BCUT2D eigenvalue weighted by Crippen LogP contribution is 2.14. The van der Waals surface area contributed by atoms with Gasteiger partial charge >= 0.3 is 0 Å². The van der Waals surface area contributed by atoms with Crippen LogP contribution in [0.2, 0.25) is 0 Å². The summed E-state index contributed by atoms with van der Waals surface area (Å²) in [6.07, 6.45) is 0. The van der Waals surface area contributed by atoms with Gasteiger partial charge in [-0.1, -0.05) is 18.2 Å². The van der Waals surface area contributed by atoms with Crippen LogP contribution < -0.4 is 16.0 Å². The summed E-state index contributed by atoms with van der Waals surface area (Å²) in [5.74, 6) is -0.862. The molecule has 1 saturated heterocycles. The fourth-order valence-corrected chi connectivity index (χ4v) is 1.91. The highest BCUT2D eigenvalue weighted by molar-refractivity contribution is 7.80. The molecule has 0 spiro atoms. The monoisotopic (exact) mass is 263 g/mol. The van der Waals surface area contributed by atoms with Crippen LogP contribution in [0.4, 0.5) is 5.69 Å².